The topological polar surface area (TPSA) is 46.4 Å². The second kappa shape index (κ2) is 5.67. The van der Waals surface area contributed by atoms with Crippen LogP contribution in [0.15, 0.2) is 18.2 Å². The number of benzene rings is 1. The van der Waals surface area contributed by atoms with Crippen molar-refractivity contribution in [2.24, 2.45) is 5.41 Å². The summed E-state index contributed by atoms with van der Waals surface area (Å²) in [5.41, 5.74) is 1.07. The molecular formula is C13H19ClN2O2. The van der Waals surface area contributed by atoms with E-state index in [2.05, 4.69) is 25.7 Å². The summed E-state index contributed by atoms with van der Waals surface area (Å²) in [5.74, 6) is 0. The summed E-state index contributed by atoms with van der Waals surface area (Å²) in [6, 6.07) is 4.95. The number of nitrogens with zero attached hydrogens (tertiary/aromatic N) is 2. The van der Waals surface area contributed by atoms with Crippen LogP contribution < -0.4 is 0 Å². The van der Waals surface area contributed by atoms with E-state index >= 15 is 0 Å². The average molecular weight is 271 g/mol. The van der Waals surface area contributed by atoms with E-state index in [-0.39, 0.29) is 16.1 Å². The molecule has 1 aromatic carbocycles. The van der Waals surface area contributed by atoms with E-state index in [9.17, 15) is 10.1 Å². The molecule has 1 rings (SSSR count). The third-order valence-electron chi connectivity index (χ3n) is 2.40. The maximum Gasteiger partial charge on any atom is 0.288 e. The Kier molecular flexibility index (Phi) is 4.71. The van der Waals surface area contributed by atoms with Crippen LogP contribution in [0.4, 0.5) is 5.69 Å². The highest BCUT2D eigenvalue weighted by atomic mass is 35.5. The first-order chi connectivity index (χ1) is 8.19. The molecule has 0 atom stereocenters. The minimum atomic E-state index is -0.449. The molecule has 0 aliphatic carbocycles. The van der Waals surface area contributed by atoms with Crippen LogP contribution >= 0.6 is 11.6 Å². The van der Waals surface area contributed by atoms with Crippen molar-refractivity contribution in [2.75, 3.05) is 13.6 Å². The molecular weight excluding hydrogens is 252 g/mol. The maximum absolute atomic E-state index is 10.8. The summed E-state index contributed by atoms with van der Waals surface area (Å²) in [4.78, 5) is 12.5. The second-order valence-corrected chi connectivity index (χ2v) is 6.18. The lowest BCUT2D eigenvalue weighted by Crippen LogP contribution is -2.28. The van der Waals surface area contributed by atoms with E-state index < -0.39 is 4.92 Å². The second-order valence-electron chi connectivity index (χ2n) is 5.78. The quantitative estimate of drug-likeness (QED) is 0.619. The van der Waals surface area contributed by atoms with Crippen LogP contribution in [0.1, 0.15) is 26.3 Å². The average Bonchev–Trinajstić information content (AvgIpc) is 2.17. The molecule has 0 bridgehead atoms. The van der Waals surface area contributed by atoms with Gasteiger partial charge in [-0.2, -0.15) is 0 Å². The number of rotatable bonds is 4. The van der Waals surface area contributed by atoms with Gasteiger partial charge in [0.1, 0.15) is 5.02 Å². The van der Waals surface area contributed by atoms with Crippen LogP contribution in [0.5, 0.6) is 0 Å². The van der Waals surface area contributed by atoms with Gasteiger partial charge in [0.05, 0.1) is 4.92 Å². The van der Waals surface area contributed by atoms with Crippen LogP contribution in [-0.4, -0.2) is 23.4 Å². The van der Waals surface area contributed by atoms with Gasteiger partial charge in [0.2, 0.25) is 0 Å². The van der Waals surface area contributed by atoms with Gasteiger partial charge in [-0.15, -0.1) is 0 Å². The van der Waals surface area contributed by atoms with E-state index in [0.29, 0.717) is 6.54 Å². The molecule has 1 aromatic rings. The Morgan fingerprint density at radius 3 is 2.50 bits per heavy atom. The third-order valence-corrected chi connectivity index (χ3v) is 2.72. The van der Waals surface area contributed by atoms with Gasteiger partial charge in [-0.05, 0) is 24.1 Å². The number of hydrogen-bond acceptors (Lipinski definition) is 3. The van der Waals surface area contributed by atoms with Gasteiger partial charge in [-0.3, -0.25) is 10.1 Å². The lowest BCUT2D eigenvalue weighted by atomic mass is 9.96. The molecule has 4 nitrogen and oxygen atoms in total. The van der Waals surface area contributed by atoms with Crippen molar-refractivity contribution < 1.29 is 4.92 Å². The van der Waals surface area contributed by atoms with Crippen LogP contribution in [0.3, 0.4) is 0 Å². The number of hydrogen-bond donors (Lipinski definition) is 0. The smallest absolute Gasteiger partial charge is 0.288 e. The summed E-state index contributed by atoms with van der Waals surface area (Å²) in [6.45, 7) is 8.08. The Morgan fingerprint density at radius 1 is 1.39 bits per heavy atom. The molecule has 0 spiro atoms. The molecule has 0 amide bonds. The fraction of sp³-hybridized carbons (Fsp3) is 0.538. The molecule has 0 aliphatic rings. The summed E-state index contributed by atoms with van der Waals surface area (Å²) in [5, 5.41) is 11.0. The Balaban J connectivity index is 2.80. The van der Waals surface area contributed by atoms with Crippen LogP contribution in [0, 0.1) is 15.5 Å². The minimum absolute atomic E-state index is 0.0293. The van der Waals surface area contributed by atoms with Crippen molar-refractivity contribution in [3.05, 3.63) is 38.9 Å². The summed E-state index contributed by atoms with van der Waals surface area (Å²) in [7, 11) is 2.01. The molecule has 0 fully saturated rings. The van der Waals surface area contributed by atoms with Crippen molar-refractivity contribution in [1.82, 2.24) is 4.90 Å². The molecule has 0 saturated carbocycles. The van der Waals surface area contributed by atoms with Crippen molar-refractivity contribution in [1.29, 1.82) is 0 Å². The molecule has 0 saturated heterocycles. The van der Waals surface area contributed by atoms with E-state index in [1.54, 1.807) is 12.1 Å². The fourth-order valence-electron chi connectivity index (χ4n) is 1.97. The zero-order valence-corrected chi connectivity index (χ0v) is 12.0. The molecule has 5 heteroatoms. The van der Waals surface area contributed by atoms with Crippen molar-refractivity contribution in [2.45, 2.75) is 27.3 Å². The summed E-state index contributed by atoms with van der Waals surface area (Å²) >= 11 is 5.78. The predicted molar refractivity (Wildman–Crippen MR) is 73.9 cm³/mol. The van der Waals surface area contributed by atoms with E-state index in [4.69, 9.17) is 11.6 Å². The predicted octanol–water partition coefficient (Wildman–Crippen LogP) is 3.73. The molecule has 18 heavy (non-hydrogen) atoms. The number of nitro benzene ring substituents is 1. The molecule has 0 aliphatic heterocycles. The third kappa shape index (κ3) is 4.63. The van der Waals surface area contributed by atoms with Gasteiger partial charge in [0.15, 0.2) is 0 Å². The lowest BCUT2D eigenvalue weighted by Gasteiger charge is -2.26. The zero-order valence-electron chi connectivity index (χ0n) is 11.2. The van der Waals surface area contributed by atoms with Crippen molar-refractivity contribution >= 4 is 17.3 Å². The lowest BCUT2D eigenvalue weighted by molar-refractivity contribution is -0.384. The zero-order chi connectivity index (χ0) is 13.9. The minimum Gasteiger partial charge on any atom is -0.302 e. The van der Waals surface area contributed by atoms with Gasteiger partial charge in [0, 0.05) is 19.2 Å². The Labute approximate surface area is 113 Å². The normalized spacial score (nSPS) is 11.9. The van der Waals surface area contributed by atoms with Crippen LogP contribution in [0.2, 0.25) is 5.02 Å². The first-order valence-electron chi connectivity index (χ1n) is 5.80. The fourth-order valence-corrected chi connectivity index (χ4v) is 2.16. The van der Waals surface area contributed by atoms with Crippen LogP contribution in [-0.2, 0) is 6.54 Å². The highest BCUT2D eigenvalue weighted by Gasteiger charge is 2.16. The standard InChI is InChI=1S/C13H19ClN2O2/c1-13(2,3)9-15(4)8-10-5-6-11(14)12(7-10)16(17)18/h5-7H,8-9H2,1-4H3. The molecule has 0 aromatic heterocycles. The summed E-state index contributed by atoms with van der Waals surface area (Å²) in [6.07, 6.45) is 0. The van der Waals surface area contributed by atoms with Gasteiger partial charge in [-0.1, -0.05) is 38.4 Å². The molecule has 0 radical (unpaired) electrons. The number of nitro groups is 1. The van der Waals surface area contributed by atoms with Crippen molar-refractivity contribution in [3.63, 3.8) is 0 Å². The van der Waals surface area contributed by atoms with Gasteiger partial charge < -0.3 is 4.90 Å². The first-order valence-corrected chi connectivity index (χ1v) is 6.18. The van der Waals surface area contributed by atoms with Crippen molar-refractivity contribution in [3.8, 4) is 0 Å². The van der Waals surface area contributed by atoms with Gasteiger partial charge in [-0.25, -0.2) is 0 Å². The Morgan fingerprint density at radius 2 is 2.00 bits per heavy atom. The van der Waals surface area contributed by atoms with Crippen LogP contribution in [0.25, 0.3) is 0 Å². The van der Waals surface area contributed by atoms with Gasteiger partial charge in [0.25, 0.3) is 5.69 Å². The maximum atomic E-state index is 10.8. The molecule has 0 N–H and O–H groups in total. The summed E-state index contributed by atoms with van der Waals surface area (Å²) < 4.78 is 0. The van der Waals surface area contributed by atoms with E-state index in [1.807, 2.05) is 13.1 Å². The Bertz CT molecular complexity index is 441. The van der Waals surface area contributed by atoms with Gasteiger partial charge >= 0.3 is 0 Å². The monoisotopic (exact) mass is 270 g/mol. The Hall–Kier alpha value is -1.13. The molecule has 0 unspecified atom stereocenters. The van der Waals surface area contributed by atoms with E-state index in [1.165, 1.54) is 0 Å². The highest BCUT2D eigenvalue weighted by molar-refractivity contribution is 6.32. The van der Waals surface area contributed by atoms with E-state index in [0.717, 1.165) is 12.1 Å². The highest BCUT2D eigenvalue weighted by Crippen LogP contribution is 2.26. The molecule has 0 heterocycles. The molecule has 100 valence electrons. The number of halogens is 1. The largest absolute Gasteiger partial charge is 0.302 e. The first kappa shape index (κ1) is 14.9. The SMILES string of the molecule is CN(Cc1ccc(Cl)c([N+](=O)[O-])c1)CC(C)(C)C.